The molecule has 0 atom stereocenters. The second-order valence-electron chi connectivity index (χ2n) is 6.13. The Bertz CT molecular complexity index is 861. The van der Waals surface area contributed by atoms with E-state index < -0.39 is 0 Å². The van der Waals surface area contributed by atoms with Gasteiger partial charge in [-0.15, -0.1) is 0 Å². The fourth-order valence-electron chi connectivity index (χ4n) is 3.15. The molecule has 0 spiro atoms. The number of nitrogens with zero attached hydrogens (tertiary/aromatic N) is 5. The van der Waals surface area contributed by atoms with Gasteiger partial charge in [-0.1, -0.05) is 0 Å². The topological polar surface area (TPSA) is 64.8 Å². The molecule has 0 bridgehead atoms. The molecule has 4 rings (SSSR count). The SMILES string of the molecule is N#CC1=CN(c2ccc(N3CCOCC3)cc2)CN=C1c1cccnc1. The summed E-state index contributed by atoms with van der Waals surface area (Å²) in [5.74, 6) is 0. The third-order valence-electron chi connectivity index (χ3n) is 4.53. The van der Waals surface area contributed by atoms with E-state index in [0.29, 0.717) is 18.0 Å². The van der Waals surface area contributed by atoms with Gasteiger partial charge in [0.2, 0.25) is 0 Å². The van der Waals surface area contributed by atoms with Gasteiger partial charge >= 0.3 is 0 Å². The first kappa shape index (κ1) is 16.3. The lowest BCUT2D eigenvalue weighted by Crippen LogP contribution is -2.36. The summed E-state index contributed by atoms with van der Waals surface area (Å²) >= 11 is 0. The molecule has 0 saturated carbocycles. The van der Waals surface area contributed by atoms with Crippen LogP contribution in [0.5, 0.6) is 0 Å². The first-order valence-corrected chi connectivity index (χ1v) is 8.62. The summed E-state index contributed by atoms with van der Waals surface area (Å²) in [5, 5.41) is 9.54. The van der Waals surface area contributed by atoms with Gasteiger partial charge in [0.15, 0.2) is 0 Å². The van der Waals surface area contributed by atoms with Crippen LogP contribution in [0, 0.1) is 11.3 Å². The van der Waals surface area contributed by atoms with Crippen LogP contribution in [0.3, 0.4) is 0 Å². The number of aliphatic imine (C=N–C) groups is 1. The summed E-state index contributed by atoms with van der Waals surface area (Å²) in [7, 11) is 0. The number of hydrogen-bond donors (Lipinski definition) is 0. The van der Waals surface area contributed by atoms with Crippen molar-refractivity contribution in [2.75, 3.05) is 42.8 Å². The van der Waals surface area contributed by atoms with E-state index in [1.165, 1.54) is 5.69 Å². The number of allylic oxidation sites excluding steroid dienone is 1. The summed E-state index contributed by atoms with van der Waals surface area (Å²) < 4.78 is 5.40. The van der Waals surface area contributed by atoms with E-state index in [0.717, 1.165) is 37.6 Å². The Hall–Kier alpha value is -3.17. The molecule has 0 aliphatic carbocycles. The third-order valence-corrected chi connectivity index (χ3v) is 4.53. The molecule has 3 heterocycles. The molecule has 130 valence electrons. The molecule has 1 aromatic heterocycles. The highest BCUT2D eigenvalue weighted by atomic mass is 16.5. The zero-order chi connectivity index (χ0) is 17.8. The number of hydrogen-bond acceptors (Lipinski definition) is 6. The number of pyridine rings is 1. The molecule has 1 fully saturated rings. The number of rotatable bonds is 3. The predicted octanol–water partition coefficient (Wildman–Crippen LogP) is 2.59. The Balaban J connectivity index is 1.53. The standard InChI is InChI=1S/C20H19N5O/c21-12-17-14-25(15-23-20(17)16-2-1-7-22-13-16)19-5-3-18(4-6-19)24-8-10-26-11-9-24/h1-7,13-14H,8-11,15H2. The van der Waals surface area contributed by atoms with Crippen molar-refractivity contribution in [2.24, 2.45) is 4.99 Å². The number of nitriles is 1. The van der Waals surface area contributed by atoms with E-state index in [9.17, 15) is 5.26 Å². The quantitative estimate of drug-likeness (QED) is 0.855. The molecular formula is C20H19N5O. The minimum atomic E-state index is 0.478. The highest BCUT2D eigenvalue weighted by molar-refractivity contribution is 6.15. The molecule has 6 nitrogen and oxygen atoms in total. The van der Waals surface area contributed by atoms with Crippen molar-refractivity contribution in [2.45, 2.75) is 0 Å². The zero-order valence-electron chi connectivity index (χ0n) is 14.4. The fraction of sp³-hybridized carbons (Fsp3) is 0.250. The molecule has 26 heavy (non-hydrogen) atoms. The maximum absolute atomic E-state index is 9.54. The molecular weight excluding hydrogens is 326 g/mol. The average Bonchev–Trinajstić information content (AvgIpc) is 2.74. The summed E-state index contributed by atoms with van der Waals surface area (Å²) in [6, 6.07) is 14.4. The van der Waals surface area contributed by atoms with Gasteiger partial charge in [0.1, 0.15) is 12.7 Å². The van der Waals surface area contributed by atoms with Gasteiger partial charge in [0.05, 0.1) is 24.5 Å². The average molecular weight is 345 g/mol. The maximum atomic E-state index is 9.54. The Morgan fingerprint density at radius 1 is 1.04 bits per heavy atom. The highest BCUT2D eigenvalue weighted by Crippen LogP contribution is 2.24. The molecule has 1 saturated heterocycles. The van der Waals surface area contributed by atoms with Crippen molar-refractivity contribution in [1.82, 2.24) is 4.98 Å². The lowest BCUT2D eigenvalue weighted by Gasteiger charge is -2.29. The van der Waals surface area contributed by atoms with Crippen LogP contribution in [0.2, 0.25) is 0 Å². The monoisotopic (exact) mass is 345 g/mol. The lowest BCUT2D eigenvalue weighted by atomic mass is 10.0. The summed E-state index contributed by atoms with van der Waals surface area (Å²) in [6.45, 7) is 3.86. The van der Waals surface area contributed by atoms with E-state index >= 15 is 0 Å². The Morgan fingerprint density at radius 2 is 1.81 bits per heavy atom. The van der Waals surface area contributed by atoms with E-state index in [-0.39, 0.29) is 0 Å². The van der Waals surface area contributed by atoms with Crippen LogP contribution in [0.4, 0.5) is 11.4 Å². The van der Waals surface area contributed by atoms with Crippen molar-refractivity contribution in [3.63, 3.8) is 0 Å². The lowest BCUT2D eigenvalue weighted by molar-refractivity contribution is 0.122. The van der Waals surface area contributed by atoms with E-state index in [4.69, 9.17) is 4.74 Å². The van der Waals surface area contributed by atoms with Crippen LogP contribution in [0.25, 0.3) is 0 Å². The van der Waals surface area contributed by atoms with Crippen molar-refractivity contribution >= 4 is 17.1 Å². The number of morpholine rings is 1. The molecule has 0 unspecified atom stereocenters. The fourth-order valence-corrected chi connectivity index (χ4v) is 3.15. The smallest absolute Gasteiger partial charge is 0.115 e. The van der Waals surface area contributed by atoms with Gasteiger partial charge in [-0.25, -0.2) is 0 Å². The number of aromatic nitrogens is 1. The van der Waals surface area contributed by atoms with E-state index in [2.05, 4.69) is 45.2 Å². The second kappa shape index (κ2) is 7.38. The van der Waals surface area contributed by atoms with Gasteiger partial charge in [-0.05, 0) is 36.4 Å². The first-order valence-electron chi connectivity index (χ1n) is 8.62. The van der Waals surface area contributed by atoms with Gasteiger partial charge in [-0.3, -0.25) is 9.98 Å². The minimum absolute atomic E-state index is 0.478. The zero-order valence-corrected chi connectivity index (χ0v) is 14.4. The number of benzene rings is 1. The number of anilines is 2. The minimum Gasteiger partial charge on any atom is -0.378 e. The van der Waals surface area contributed by atoms with Crippen LogP contribution in [0.1, 0.15) is 5.56 Å². The normalized spacial score (nSPS) is 17.3. The van der Waals surface area contributed by atoms with Crippen molar-refractivity contribution < 1.29 is 4.74 Å². The van der Waals surface area contributed by atoms with Crippen molar-refractivity contribution in [1.29, 1.82) is 5.26 Å². The Kier molecular flexibility index (Phi) is 4.63. The van der Waals surface area contributed by atoms with E-state index in [1.54, 1.807) is 12.4 Å². The van der Waals surface area contributed by atoms with Gasteiger partial charge < -0.3 is 14.5 Å². The molecule has 2 aliphatic heterocycles. The van der Waals surface area contributed by atoms with Gasteiger partial charge in [0, 0.05) is 48.6 Å². The first-order chi connectivity index (χ1) is 12.8. The second-order valence-corrected chi connectivity index (χ2v) is 6.13. The van der Waals surface area contributed by atoms with Crippen LogP contribution >= 0.6 is 0 Å². The largest absolute Gasteiger partial charge is 0.378 e. The van der Waals surface area contributed by atoms with Crippen molar-refractivity contribution in [3.05, 3.63) is 66.1 Å². The molecule has 0 amide bonds. The van der Waals surface area contributed by atoms with Crippen LogP contribution in [0.15, 0.2) is 65.6 Å². The molecule has 1 aromatic carbocycles. The van der Waals surface area contributed by atoms with E-state index in [1.807, 2.05) is 23.2 Å². The molecule has 2 aliphatic rings. The highest BCUT2D eigenvalue weighted by Gasteiger charge is 2.18. The summed E-state index contributed by atoms with van der Waals surface area (Å²) in [5.41, 5.74) is 4.31. The van der Waals surface area contributed by atoms with Crippen LogP contribution < -0.4 is 9.80 Å². The molecule has 0 radical (unpaired) electrons. The van der Waals surface area contributed by atoms with Crippen LogP contribution in [-0.2, 0) is 4.74 Å². The molecule has 6 heteroatoms. The molecule has 2 aromatic rings. The number of ether oxygens (including phenoxy) is 1. The summed E-state index contributed by atoms with van der Waals surface area (Å²) in [4.78, 5) is 13.0. The Labute approximate surface area is 152 Å². The van der Waals surface area contributed by atoms with Crippen molar-refractivity contribution in [3.8, 4) is 6.07 Å². The van der Waals surface area contributed by atoms with Gasteiger partial charge in [0.25, 0.3) is 0 Å². The van der Waals surface area contributed by atoms with Crippen LogP contribution in [-0.4, -0.2) is 43.7 Å². The maximum Gasteiger partial charge on any atom is 0.115 e. The molecule has 0 N–H and O–H groups in total. The Morgan fingerprint density at radius 3 is 2.50 bits per heavy atom. The predicted molar refractivity (Wildman–Crippen MR) is 101 cm³/mol. The summed E-state index contributed by atoms with van der Waals surface area (Å²) in [6.07, 6.45) is 5.31. The third kappa shape index (κ3) is 3.30. The van der Waals surface area contributed by atoms with Gasteiger partial charge in [-0.2, -0.15) is 5.26 Å².